The van der Waals surface area contributed by atoms with Crippen LogP contribution in [0.5, 0.6) is 0 Å². The van der Waals surface area contributed by atoms with Gasteiger partial charge in [-0.05, 0) is 41.8 Å². The van der Waals surface area contributed by atoms with Gasteiger partial charge < -0.3 is 16.8 Å². The maximum absolute atomic E-state index is 11.2. The molecule has 0 fully saturated rings. The number of primary amides is 1. The van der Waals surface area contributed by atoms with Crippen molar-refractivity contribution in [3.8, 4) is 0 Å². The van der Waals surface area contributed by atoms with Crippen molar-refractivity contribution >= 4 is 27.5 Å². The van der Waals surface area contributed by atoms with E-state index in [4.69, 9.17) is 11.5 Å². The van der Waals surface area contributed by atoms with E-state index >= 15 is 0 Å². The number of anilines is 1. The van der Waals surface area contributed by atoms with Crippen LogP contribution in [-0.2, 0) is 17.8 Å². The van der Waals surface area contributed by atoms with E-state index in [-0.39, 0.29) is 18.4 Å². The predicted octanol–water partition coefficient (Wildman–Crippen LogP) is 2.66. The molecule has 5 N–H and O–H groups in total. The molecule has 4 nitrogen and oxygen atoms in total. The summed E-state index contributed by atoms with van der Waals surface area (Å²) in [4.78, 5) is 11.2. The highest BCUT2D eigenvalue weighted by Crippen LogP contribution is 2.16. The summed E-state index contributed by atoms with van der Waals surface area (Å²) in [6, 6.07) is 16.2. The number of halogens is 1. The standard InChI is InChI=1S/C17H20BrN3O/c18-15-3-1-2-13(9-15)11-21-16-6-4-12(5-7-16)8-14(10-19)17(20)22/h1-7,9,14,21H,8,10-11,19H2,(H2,20,22). The molecule has 0 spiro atoms. The molecule has 1 amide bonds. The summed E-state index contributed by atoms with van der Waals surface area (Å²) in [5, 5.41) is 3.37. The van der Waals surface area contributed by atoms with Gasteiger partial charge in [0.15, 0.2) is 0 Å². The maximum atomic E-state index is 11.2. The van der Waals surface area contributed by atoms with E-state index < -0.39 is 0 Å². The summed E-state index contributed by atoms with van der Waals surface area (Å²) in [6.45, 7) is 1.03. The SMILES string of the molecule is NCC(Cc1ccc(NCc2cccc(Br)c2)cc1)C(N)=O. The molecular weight excluding hydrogens is 342 g/mol. The van der Waals surface area contributed by atoms with Crippen molar-refractivity contribution in [3.63, 3.8) is 0 Å². The van der Waals surface area contributed by atoms with Crippen LogP contribution in [0.1, 0.15) is 11.1 Å². The van der Waals surface area contributed by atoms with E-state index in [2.05, 4.69) is 33.4 Å². The number of benzene rings is 2. The Bertz CT molecular complexity index is 628. The van der Waals surface area contributed by atoms with Crippen molar-refractivity contribution < 1.29 is 4.79 Å². The largest absolute Gasteiger partial charge is 0.381 e. The Hall–Kier alpha value is -1.85. The van der Waals surface area contributed by atoms with Crippen LogP contribution in [0.4, 0.5) is 5.69 Å². The van der Waals surface area contributed by atoms with Gasteiger partial charge in [-0.15, -0.1) is 0 Å². The third-order valence-electron chi connectivity index (χ3n) is 3.51. The third kappa shape index (κ3) is 4.86. The first-order valence-electron chi connectivity index (χ1n) is 7.15. The molecule has 2 aromatic carbocycles. The number of hydrogen-bond donors (Lipinski definition) is 3. The van der Waals surface area contributed by atoms with Crippen molar-refractivity contribution in [2.75, 3.05) is 11.9 Å². The molecule has 2 rings (SSSR count). The van der Waals surface area contributed by atoms with Gasteiger partial charge in [0.25, 0.3) is 0 Å². The highest BCUT2D eigenvalue weighted by Gasteiger charge is 2.13. The Morgan fingerprint density at radius 1 is 1.14 bits per heavy atom. The van der Waals surface area contributed by atoms with Gasteiger partial charge >= 0.3 is 0 Å². The summed E-state index contributed by atoms with van der Waals surface area (Å²) in [6.07, 6.45) is 0.581. The molecule has 0 aromatic heterocycles. The lowest BCUT2D eigenvalue weighted by Crippen LogP contribution is -2.31. The van der Waals surface area contributed by atoms with Crippen LogP contribution in [0.25, 0.3) is 0 Å². The maximum Gasteiger partial charge on any atom is 0.222 e. The molecule has 2 aromatic rings. The molecule has 1 atom stereocenters. The highest BCUT2D eigenvalue weighted by molar-refractivity contribution is 9.10. The molecule has 0 saturated heterocycles. The first kappa shape index (κ1) is 16.5. The minimum Gasteiger partial charge on any atom is -0.381 e. The average Bonchev–Trinajstić information content (AvgIpc) is 2.51. The van der Waals surface area contributed by atoms with Crippen LogP contribution < -0.4 is 16.8 Å². The fourth-order valence-corrected chi connectivity index (χ4v) is 2.64. The minimum absolute atomic E-state index is 0.276. The number of carbonyl (C=O) groups is 1. The van der Waals surface area contributed by atoms with E-state index in [9.17, 15) is 4.79 Å². The predicted molar refractivity (Wildman–Crippen MR) is 93.4 cm³/mol. The van der Waals surface area contributed by atoms with Crippen LogP contribution in [0.2, 0.25) is 0 Å². The van der Waals surface area contributed by atoms with Gasteiger partial charge in [0, 0.05) is 23.2 Å². The zero-order valence-corrected chi connectivity index (χ0v) is 13.8. The number of hydrogen-bond acceptors (Lipinski definition) is 3. The molecule has 0 bridgehead atoms. The van der Waals surface area contributed by atoms with Crippen LogP contribution in [0, 0.1) is 5.92 Å². The van der Waals surface area contributed by atoms with Crippen molar-refractivity contribution in [1.82, 2.24) is 0 Å². The van der Waals surface area contributed by atoms with Gasteiger partial charge in [-0.2, -0.15) is 0 Å². The highest BCUT2D eigenvalue weighted by atomic mass is 79.9. The Labute approximate surface area is 139 Å². The smallest absolute Gasteiger partial charge is 0.222 e. The molecule has 116 valence electrons. The van der Waals surface area contributed by atoms with E-state index in [1.165, 1.54) is 5.56 Å². The lowest BCUT2D eigenvalue weighted by Gasteiger charge is -2.12. The number of carbonyl (C=O) groups excluding carboxylic acids is 1. The molecule has 0 aliphatic carbocycles. The molecule has 22 heavy (non-hydrogen) atoms. The number of nitrogens with two attached hydrogens (primary N) is 2. The summed E-state index contributed by atoms with van der Waals surface area (Å²) < 4.78 is 1.07. The number of nitrogens with one attached hydrogen (secondary N) is 1. The second-order valence-electron chi connectivity index (χ2n) is 5.22. The number of amides is 1. The fourth-order valence-electron chi connectivity index (χ4n) is 2.19. The molecule has 0 radical (unpaired) electrons. The lowest BCUT2D eigenvalue weighted by atomic mass is 9.99. The Morgan fingerprint density at radius 3 is 2.45 bits per heavy atom. The van der Waals surface area contributed by atoms with E-state index in [1.807, 2.05) is 36.4 Å². The third-order valence-corrected chi connectivity index (χ3v) is 4.00. The second kappa shape index (κ2) is 7.96. The Balaban J connectivity index is 1.93. The van der Waals surface area contributed by atoms with E-state index in [0.29, 0.717) is 6.42 Å². The van der Waals surface area contributed by atoms with Gasteiger partial charge in [-0.25, -0.2) is 0 Å². The zero-order chi connectivity index (χ0) is 15.9. The lowest BCUT2D eigenvalue weighted by molar-refractivity contribution is -0.121. The van der Waals surface area contributed by atoms with E-state index in [1.54, 1.807) is 0 Å². The first-order chi connectivity index (χ1) is 10.6. The van der Waals surface area contributed by atoms with Crippen molar-refractivity contribution in [3.05, 3.63) is 64.1 Å². The fraction of sp³-hybridized carbons (Fsp3) is 0.235. The van der Waals surface area contributed by atoms with Gasteiger partial charge in [0.1, 0.15) is 0 Å². The minimum atomic E-state index is -0.348. The topological polar surface area (TPSA) is 81.1 Å². The van der Waals surface area contributed by atoms with Crippen molar-refractivity contribution in [2.45, 2.75) is 13.0 Å². The summed E-state index contributed by atoms with van der Waals surface area (Å²) in [5.74, 6) is -0.653. The molecular formula is C17H20BrN3O. The summed E-state index contributed by atoms with van der Waals surface area (Å²) in [5.41, 5.74) is 14.2. The number of rotatable bonds is 7. The first-order valence-corrected chi connectivity index (χ1v) is 7.94. The summed E-state index contributed by atoms with van der Waals surface area (Å²) >= 11 is 3.46. The van der Waals surface area contributed by atoms with Gasteiger partial charge in [-0.1, -0.05) is 40.2 Å². The second-order valence-corrected chi connectivity index (χ2v) is 6.14. The van der Waals surface area contributed by atoms with Crippen LogP contribution in [-0.4, -0.2) is 12.5 Å². The van der Waals surface area contributed by atoms with Gasteiger partial charge in [-0.3, -0.25) is 4.79 Å². The van der Waals surface area contributed by atoms with E-state index in [0.717, 1.165) is 22.3 Å². The molecule has 0 heterocycles. The molecule has 0 saturated carbocycles. The Morgan fingerprint density at radius 2 is 1.86 bits per heavy atom. The normalized spacial score (nSPS) is 11.9. The summed E-state index contributed by atoms with van der Waals surface area (Å²) in [7, 11) is 0. The molecule has 5 heteroatoms. The Kier molecular flexibility index (Phi) is 5.98. The molecule has 1 unspecified atom stereocenters. The van der Waals surface area contributed by atoms with Crippen LogP contribution in [0.3, 0.4) is 0 Å². The average molecular weight is 362 g/mol. The van der Waals surface area contributed by atoms with Crippen molar-refractivity contribution in [1.29, 1.82) is 0 Å². The molecule has 0 aliphatic heterocycles. The van der Waals surface area contributed by atoms with Gasteiger partial charge in [0.05, 0.1) is 5.92 Å². The quantitative estimate of drug-likeness (QED) is 0.708. The van der Waals surface area contributed by atoms with Crippen LogP contribution >= 0.6 is 15.9 Å². The molecule has 0 aliphatic rings. The van der Waals surface area contributed by atoms with Gasteiger partial charge in [0.2, 0.25) is 5.91 Å². The zero-order valence-electron chi connectivity index (χ0n) is 12.3. The monoisotopic (exact) mass is 361 g/mol. The van der Waals surface area contributed by atoms with Crippen molar-refractivity contribution in [2.24, 2.45) is 17.4 Å². The van der Waals surface area contributed by atoms with Crippen LogP contribution in [0.15, 0.2) is 53.0 Å².